The molecule has 1 atom stereocenters. The number of allylic oxidation sites excluding steroid dienone is 1. The van der Waals surface area contributed by atoms with Gasteiger partial charge in [-0.15, -0.1) is 0 Å². The zero-order chi connectivity index (χ0) is 11.8. The van der Waals surface area contributed by atoms with E-state index >= 15 is 0 Å². The minimum atomic E-state index is -0.267. The molecule has 16 heavy (non-hydrogen) atoms. The number of hydrogen-bond acceptors (Lipinski definition) is 2. The summed E-state index contributed by atoms with van der Waals surface area (Å²) < 4.78 is 4.85. The van der Waals surface area contributed by atoms with Crippen LogP contribution in [-0.4, -0.2) is 12.6 Å². The number of carbonyl (C=O) groups excluding carboxylic acids is 1. The molecule has 0 bridgehead atoms. The second kappa shape index (κ2) is 6.83. The molecule has 0 radical (unpaired) electrons. The summed E-state index contributed by atoms with van der Waals surface area (Å²) >= 11 is 0. The topological polar surface area (TPSA) is 26.3 Å². The van der Waals surface area contributed by atoms with Gasteiger partial charge in [0.15, 0.2) is 0 Å². The van der Waals surface area contributed by atoms with Crippen molar-refractivity contribution in [3.8, 4) is 0 Å². The van der Waals surface area contributed by atoms with Gasteiger partial charge in [-0.25, -0.2) is 4.79 Å². The van der Waals surface area contributed by atoms with Crippen LogP contribution < -0.4 is 0 Å². The highest BCUT2D eigenvalue weighted by atomic mass is 16.5. The summed E-state index contributed by atoms with van der Waals surface area (Å²) in [5, 5.41) is 0. The van der Waals surface area contributed by atoms with Gasteiger partial charge in [-0.05, 0) is 18.9 Å². The Bertz CT molecular complexity index is 341. The van der Waals surface area contributed by atoms with Crippen LogP contribution in [-0.2, 0) is 9.53 Å². The van der Waals surface area contributed by atoms with Crippen LogP contribution in [0.5, 0.6) is 0 Å². The first-order valence-electron chi connectivity index (χ1n) is 5.67. The first kappa shape index (κ1) is 12.5. The predicted molar refractivity (Wildman–Crippen MR) is 65.2 cm³/mol. The monoisotopic (exact) mass is 218 g/mol. The first-order chi connectivity index (χ1) is 7.77. The Hall–Kier alpha value is -1.57. The first-order valence-corrected chi connectivity index (χ1v) is 5.67. The van der Waals surface area contributed by atoms with Crippen molar-refractivity contribution in [3.05, 3.63) is 48.0 Å². The van der Waals surface area contributed by atoms with Crippen molar-refractivity contribution in [2.45, 2.75) is 26.2 Å². The Kier molecular flexibility index (Phi) is 5.34. The molecule has 0 fully saturated rings. The highest BCUT2D eigenvalue weighted by Gasteiger charge is 2.05. The Labute approximate surface area is 96.9 Å². The Morgan fingerprint density at radius 1 is 1.31 bits per heavy atom. The Morgan fingerprint density at radius 2 is 2.00 bits per heavy atom. The molecule has 0 saturated heterocycles. The van der Waals surface area contributed by atoms with E-state index in [2.05, 4.69) is 19.1 Å². The summed E-state index contributed by atoms with van der Waals surface area (Å²) in [6.45, 7) is 4.33. The molecule has 0 aliphatic heterocycles. The summed E-state index contributed by atoms with van der Waals surface area (Å²) in [6.07, 6.45) is 4.40. The quantitative estimate of drug-likeness (QED) is 0.560. The van der Waals surface area contributed by atoms with Gasteiger partial charge in [0.1, 0.15) is 0 Å². The zero-order valence-electron chi connectivity index (χ0n) is 9.85. The summed E-state index contributed by atoms with van der Waals surface area (Å²) in [6, 6.07) is 10.2. The maximum atomic E-state index is 11.2. The molecule has 2 heteroatoms. The van der Waals surface area contributed by atoms with Gasteiger partial charge in [0, 0.05) is 12.0 Å². The maximum absolute atomic E-state index is 11.2. The molecule has 0 aliphatic carbocycles. The van der Waals surface area contributed by atoms with E-state index in [0.717, 1.165) is 6.42 Å². The van der Waals surface area contributed by atoms with Gasteiger partial charge in [0.25, 0.3) is 0 Å². The van der Waals surface area contributed by atoms with Gasteiger partial charge in [-0.1, -0.05) is 43.3 Å². The summed E-state index contributed by atoms with van der Waals surface area (Å²) in [5.74, 6) is 0.0162. The van der Waals surface area contributed by atoms with E-state index in [4.69, 9.17) is 4.74 Å². The van der Waals surface area contributed by atoms with Crippen LogP contribution in [0.3, 0.4) is 0 Å². The van der Waals surface area contributed by atoms with E-state index in [0.29, 0.717) is 6.61 Å². The molecule has 1 rings (SSSR count). The lowest BCUT2D eigenvalue weighted by Gasteiger charge is -2.09. The number of rotatable bonds is 5. The lowest BCUT2D eigenvalue weighted by molar-refractivity contribution is -0.137. The molecule has 1 aromatic rings. The molecule has 0 heterocycles. The third-order valence-electron chi connectivity index (χ3n) is 2.42. The number of carbonyl (C=O) groups is 1. The van der Waals surface area contributed by atoms with E-state index in [1.54, 1.807) is 6.92 Å². The molecule has 0 spiro atoms. The van der Waals surface area contributed by atoms with Crippen LogP contribution in [0.1, 0.15) is 31.7 Å². The van der Waals surface area contributed by atoms with Crippen molar-refractivity contribution < 1.29 is 9.53 Å². The van der Waals surface area contributed by atoms with Crippen LogP contribution in [0.4, 0.5) is 0 Å². The minimum Gasteiger partial charge on any atom is -0.463 e. The van der Waals surface area contributed by atoms with E-state index in [-0.39, 0.29) is 11.9 Å². The van der Waals surface area contributed by atoms with Crippen LogP contribution in [0.15, 0.2) is 42.5 Å². The van der Waals surface area contributed by atoms with Crippen molar-refractivity contribution in [2.24, 2.45) is 0 Å². The van der Waals surface area contributed by atoms with Crippen LogP contribution in [0, 0.1) is 0 Å². The SMILES string of the molecule is CCOC(=O)/C=C/[C@H](CC)c1ccccc1. The third kappa shape index (κ3) is 3.89. The van der Waals surface area contributed by atoms with Gasteiger partial charge in [-0.3, -0.25) is 0 Å². The van der Waals surface area contributed by atoms with Gasteiger partial charge < -0.3 is 4.74 Å². The lowest BCUT2D eigenvalue weighted by Crippen LogP contribution is -2.01. The van der Waals surface area contributed by atoms with E-state index in [9.17, 15) is 4.79 Å². The fourth-order valence-electron chi connectivity index (χ4n) is 1.57. The molecule has 86 valence electrons. The molecule has 1 aromatic carbocycles. The number of esters is 1. The number of ether oxygens (including phenoxy) is 1. The Morgan fingerprint density at radius 3 is 2.56 bits per heavy atom. The van der Waals surface area contributed by atoms with Crippen LogP contribution in [0.2, 0.25) is 0 Å². The van der Waals surface area contributed by atoms with Gasteiger partial charge in [-0.2, -0.15) is 0 Å². The minimum absolute atomic E-state index is 0.267. The molecule has 0 unspecified atom stereocenters. The highest BCUT2D eigenvalue weighted by Crippen LogP contribution is 2.20. The standard InChI is InChI=1S/C14H18O2/c1-3-12(10-11-14(15)16-4-2)13-8-6-5-7-9-13/h5-12H,3-4H2,1-2H3/b11-10+/t12-/m0/s1. The molecular formula is C14H18O2. The van der Waals surface area contributed by atoms with E-state index in [1.807, 2.05) is 24.3 Å². The summed E-state index contributed by atoms with van der Waals surface area (Å²) in [7, 11) is 0. The molecule has 0 aromatic heterocycles. The van der Waals surface area contributed by atoms with Crippen molar-refractivity contribution in [1.82, 2.24) is 0 Å². The zero-order valence-corrected chi connectivity index (χ0v) is 9.85. The van der Waals surface area contributed by atoms with Gasteiger partial charge >= 0.3 is 5.97 Å². The van der Waals surface area contributed by atoms with Crippen molar-refractivity contribution in [1.29, 1.82) is 0 Å². The number of hydrogen-bond donors (Lipinski definition) is 0. The van der Waals surface area contributed by atoms with Crippen molar-refractivity contribution >= 4 is 5.97 Å². The molecule has 0 saturated carbocycles. The normalized spacial score (nSPS) is 12.6. The van der Waals surface area contributed by atoms with Gasteiger partial charge in [0.2, 0.25) is 0 Å². The third-order valence-corrected chi connectivity index (χ3v) is 2.42. The van der Waals surface area contributed by atoms with E-state index < -0.39 is 0 Å². The molecular weight excluding hydrogens is 200 g/mol. The molecule has 0 amide bonds. The fraction of sp³-hybridized carbons (Fsp3) is 0.357. The average Bonchev–Trinajstić information content (AvgIpc) is 2.31. The summed E-state index contributed by atoms with van der Waals surface area (Å²) in [4.78, 5) is 11.2. The summed E-state index contributed by atoms with van der Waals surface area (Å²) in [5.41, 5.74) is 1.23. The Balaban J connectivity index is 2.66. The average molecular weight is 218 g/mol. The maximum Gasteiger partial charge on any atom is 0.330 e. The lowest BCUT2D eigenvalue weighted by atomic mass is 9.96. The van der Waals surface area contributed by atoms with Gasteiger partial charge in [0.05, 0.1) is 6.61 Å². The molecule has 0 aliphatic rings. The fourth-order valence-corrected chi connectivity index (χ4v) is 1.57. The van der Waals surface area contributed by atoms with Crippen molar-refractivity contribution in [3.63, 3.8) is 0 Å². The largest absolute Gasteiger partial charge is 0.463 e. The van der Waals surface area contributed by atoms with Crippen LogP contribution >= 0.6 is 0 Å². The smallest absolute Gasteiger partial charge is 0.330 e. The highest BCUT2D eigenvalue weighted by molar-refractivity contribution is 5.82. The molecule has 0 N–H and O–H groups in total. The second-order valence-corrected chi connectivity index (χ2v) is 3.54. The predicted octanol–water partition coefficient (Wildman–Crippen LogP) is 3.30. The molecule has 2 nitrogen and oxygen atoms in total. The van der Waals surface area contributed by atoms with E-state index in [1.165, 1.54) is 11.6 Å². The second-order valence-electron chi connectivity index (χ2n) is 3.54. The number of benzene rings is 1. The van der Waals surface area contributed by atoms with Crippen molar-refractivity contribution in [2.75, 3.05) is 6.61 Å². The van der Waals surface area contributed by atoms with Crippen LogP contribution in [0.25, 0.3) is 0 Å².